The van der Waals surface area contributed by atoms with Crippen molar-refractivity contribution in [1.82, 2.24) is 15.1 Å². The highest BCUT2D eigenvalue weighted by molar-refractivity contribution is 6.39. The Hall–Kier alpha value is -3.85. The van der Waals surface area contributed by atoms with Crippen molar-refractivity contribution in [2.24, 2.45) is 4.99 Å². The Kier molecular flexibility index (Phi) is 11.6. The number of aliphatic imine (C=N–C) groups is 1. The van der Waals surface area contributed by atoms with Gasteiger partial charge in [0.05, 0.1) is 6.04 Å². The first kappa shape index (κ1) is 30.7. The van der Waals surface area contributed by atoms with Crippen LogP contribution in [0, 0.1) is 0 Å². The fourth-order valence-electron chi connectivity index (χ4n) is 4.80. The first-order chi connectivity index (χ1) is 19.2. The summed E-state index contributed by atoms with van der Waals surface area (Å²) in [6.45, 7) is 5.75. The molecule has 1 aliphatic rings. The SMILES string of the molecule is CN[C@@H](C)C(=O)/N=C(\C)C(=O)N1CCC[C@H]1CN(CCc1ccccc1)C(=O)[C@@H](Cc1ccccc1)OC(C)=O. The number of carbonyl (C=O) groups is 4. The topological polar surface area (TPSA) is 108 Å². The molecule has 2 aromatic carbocycles. The summed E-state index contributed by atoms with van der Waals surface area (Å²) in [5, 5.41) is 2.83. The molecule has 0 saturated carbocycles. The lowest BCUT2D eigenvalue weighted by Crippen LogP contribution is -2.50. The number of esters is 1. The van der Waals surface area contributed by atoms with E-state index in [1.54, 1.807) is 30.7 Å². The summed E-state index contributed by atoms with van der Waals surface area (Å²) in [5.74, 6) is -1.54. The zero-order valence-corrected chi connectivity index (χ0v) is 23.8. The molecule has 1 saturated heterocycles. The van der Waals surface area contributed by atoms with Crippen molar-refractivity contribution in [2.45, 2.75) is 64.6 Å². The van der Waals surface area contributed by atoms with Crippen LogP contribution in [-0.2, 0) is 36.8 Å². The van der Waals surface area contributed by atoms with Crippen LogP contribution in [-0.4, -0.2) is 84.1 Å². The number of amides is 3. The maximum Gasteiger partial charge on any atom is 0.303 e. The van der Waals surface area contributed by atoms with Crippen molar-refractivity contribution < 1.29 is 23.9 Å². The molecule has 0 aliphatic carbocycles. The molecule has 1 N–H and O–H groups in total. The molecule has 9 nitrogen and oxygen atoms in total. The zero-order chi connectivity index (χ0) is 29.1. The summed E-state index contributed by atoms with van der Waals surface area (Å²) in [4.78, 5) is 58.9. The van der Waals surface area contributed by atoms with Crippen molar-refractivity contribution in [1.29, 1.82) is 0 Å². The molecule has 0 radical (unpaired) electrons. The van der Waals surface area contributed by atoms with E-state index in [9.17, 15) is 19.2 Å². The van der Waals surface area contributed by atoms with E-state index in [0.717, 1.165) is 17.5 Å². The summed E-state index contributed by atoms with van der Waals surface area (Å²) in [6, 6.07) is 18.6. The predicted molar refractivity (Wildman–Crippen MR) is 154 cm³/mol. The van der Waals surface area contributed by atoms with Crippen LogP contribution in [0.3, 0.4) is 0 Å². The summed E-state index contributed by atoms with van der Waals surface area (Å²) < 4.78 is 5.53. The molecule has 3 rings (SSSR count). The van der Waals surface area contributed by atoms with E-state index in [-0.39, 0.29) is 36.5 Å². The number of likely N-dealkylation sites (N-methyl/N-ethyl adjacent to an activating group) is 1. The smallest absolute Gasteiger partial charge is 0.303 e. The van der Waals surface area contributed by atoms with Gasteiger partial charge < -0.3 is 19.9 Å². The average molecular weight is 549 g/mol. The normalized spacial score (nSPS) is 16.8. The van der Waals surface area contributed by atoms with Crippen molar-refractivity contribution in [3.63, 3.8) is 0 Å². The lowest BCUT2D eigenvalue weighted by Gasteiger charge is -2.33. The molecular weight excluding hydrogens is 508 g/mol. The Morgan fingerprint density at radius 3 is 2.25 bits per heavy atom. The number of hydrogen-bond acceptors (Lipinski definition) is 6. The third-order valence-corrected chi connectivity index (χ3v) is 7.13. The second-order valence-corrected chi connectivity index (χ2v) is 10.1. The number of nitrogens with zero attached hydrogens (tertiary/aromatic N) is 3. The largest absolute Gasteiger partial charge is 0.452 e. The number of hydrogen-bond donors (Lipinski definition) is 1. The minimum atomic E-state index is -0.981. The molecule has 0 spiro atoms. The lowest BCUT2D eigenvalue weighted by molar-refractivity contribution is -0.159. The number of benzene rings is 2. The van der Waals surface area contributed by atoms with E-state index in [1.807, 2.05) is 60.7 Å². The monoisotopic (exact) mass is 548 g/mol. The molecular formula is C31H40N4O5. The molecule has 0 bridgehead atoms. The molecule has 0 unspecified atom stereocenters. The Bertz CT molecular complexity index is 1180. The highest BCUT2D eigenvalue weighted by Gasteiger charge is 2.35. The van der Waals surface area contributed by atoms with E-state index in [4.69, 9.17) is 4.74 Å². The highest BCUT2D eigenvalue weighted by atomic mass is 16.5. The first-order valence-electron chi connectivity index (χ1n) is 13.8. The summed E-state index contributed by atoms with van der Waals surface area (Å²) in [5.41, 5.74) is 2.09. The third-order valence-electron chi connectivity index (χ3n) is 7.13. The molecule has 1 aliphatic heterocycles. The molecule has 2 aromatic rings. The van der Waals surface area contributed by atoms with Gasteiger partial charge in [-0.15, -0.1) is 0 Å². The number of likely N-dealkylation sites (tertiary alicyclic amines) is 1. The quantitative estimate of drug-likeness (QED) is 0.323. The lowest BCUT2D eigenvalue weighted by atomic mass is 10.1. The second-order valence-electron chi connectivity index (χ2n) is 10.1. The van der Waals surface area contributed by atoms with E-state index >= 15 is 0 Å². The highest BCUT2D eigenvalue weighted by Crippen LogP contribution is 2.21. The van der Waals surface area contributed by atoms with E-state index in [2.05, 4.69) is 10.3 Å². The Balaban J connectivity index is 1.83. The van der Waals surface area contributed by atoms with Crippen molar-refractivity contribution >= 4 is 29.4 Å². The van der Waals surface area contributed by atoms with Gasteiger partial charge in [0.1, 0.15) is 5.71 Å². The van der Waals surface area contributed by atoms with Gasteiger partial charge in [-0.2, -0.15) is 0 Å². The number of rotatable bonds is 12. The average Bonchev–Trinajstić information content (AvgIpc) is 3.42. The molecule has 1 fully saturated rings. The zero-order valence-electron chi connectivity index (χ0n) is 23.8. The van der Waals surface area contributed by atoms with Crippen LogP contribution in [0.15, 0.2) is 65.7 Å². The van der Waals surface area contributed by atoms with Gasteiger partial charge in [0.2, 0.25) is 0 Å². The second kappa shape index (κ2) is 15.1. The molecule has 0 aromatic heterocycles. The Morgan fingerprint density at radius 1 is 1.02 bits per heavy atom. The van der Waals surface area contributed by atoms with E-state index in [0.29, 0.717) is 25.9 Å². The molecule has 1 heterocycles. The molecule has 214 valence electrons. The van der Waals surface area contributed by atoms with Gasteiger partial charge in [-0.25, -0.2) is 4.99 Å². The van der Waals surface area contributed by atoms with Crippen molar-refractivity contribution in [2.75, 3.05) is 26.7 Å². The molecule has 3 atom stereocenters. The van der Waals surface area contributed by atoms with Crippen molar-refractivity contribution in [3.05, 3.63) is 71.8 Å². The van der Waals surface area contributed by atoms with Gasteiger partial charge in [0.25, 0.3) is 17.7 Å². The van der Waals surface area contributed by atoms with E-state index in [1.165, 1.54) is 6.92 Å². The standard InChI is InChI=1S/C31H40N4O5/c1-22(32-4)29(37)33-23(2)30(38)35-18-11-16-27(35)21-34(19-17-25-12-7-5-8-13-25)31(39)28(40-24(3)36)20-26-14-9-6-10-15-26/h5-10,12-15,22,27-28,32H,11,16-21H2,1-4H3/b33-23+/t22-,27-,28+/m0/s1. The number of ether oxygens (including phenoxy) is 1. The fourth-order valence-corrected chi connectivity index (χ4v) is 4.80. The van der Waals surface area contributed by atoms with Gasteiger partial charge in [-0.05, 0) is 51.3 Å². The number of nitrogens with one attached hydrogen (secondary N) is 1. The van der Waals surface area contributed by atoms with Crippen LogP contribution < -0.4 is 5.32 Å². The van der Waals surface area contributed by atoms with E-state index < -0.39 is 24.0 Å². The van der Waals surface area contributed by atoms with Gasteiger partial charge in [0.15, 0.2) is 6.10 Å². The minimum Gasteiger partial charge on any atom is -0.452 e. The number of carbonyl (C=O) groups excluding carboxylic acids is 4. The maximum atomic E-state index is 13.9. The molecule has 3 amide bonds. The van der Waals surface area contributed by atoms with Crippen LogP contribution >= 0.6 is 0 Å². The van der Waals surface area contributed by atoms with Gasteiger partial charge >= 0.3 is 5.97 Å². The van der Waals surface area contributed by atoms with Gasteiger partial charge in [-0.1, -0.05) is 60.7 Å². The van der Waals surface area contributed by atoms with Crippen molar-refractivity contribution in [3.8, 4) is 0 Å². The van der Waals surface area contributed by atoms with Crippen LogP contribution in [0.1, 0.15) is 44.7 Å². The Morgan fingerprint density at radius 2 is 1.65 bits per heavy atom. The third kappa shape index (κ3) is 8.84. The summed E-state index contributed by atoms with van der Waals surface area (Å²) >= 11 is 0. The van der Waals surface area contributed by atoms with Gasteiger partial charge in [-0.3, -0.25) is 19.2 Å². The summed E-state index contributed by atoms with van der Waals surface area (Å²) in [7, 11) is 1.66. The van der Waals surface area contributed by atoms with Crippen LogP contribution in [0.2, 0.25) is 0 Å². The minimum absolute atomic E-state index is 0.128. The fraction of sp³-hybridized carbons (Fsp3) is 0.452. The summed E-state index contributed by atoms with van der Waals surface area (Å²) in [6.07, 6.45) is 1.38. The first-order valence-corrected chi connectivity index (χ1v) is 13.8. The molecule has 40 heavy (non-hydrogen) atoms. The van der Waals surface area contributed by atoms with Crippen LogP contribution in [0.4, 0.5) is 0 Å². The Labute approximate surface area is 236 Å². The predicted octanol–water partition coefficient (Wildman–Crippen LogP) is 2.82. The van der Waals surface area contributed by atoms with Gasteiger partial charge in [0, 0.05) is 39.0 Å². The van der Waals surface area contributed by atoms with Crippen LogP contribution in [0.25, 0.3) is 0 Å². The maximum absolute atomic E-state index is 13.9. The molecule has 9 heteroatoms. The van der Waals surface area contributed by atoms with Crippen LogP contribution in [0.5, 0.6) is 0 Å².